The van der Waals surface area contributed by atoms with Crippen molar-refractivity contribution in [3.63, 3.8) is 0 Å². The number of carboxylic acids is 1. The van der Waals surface area contributed by atoms with Crippen LogP contribution in [0.4, 0.5) is 0 Å². The smallest absolute Gasteiger partial charge is 0.324 e. The minimum absolute atomic E-state index is 0.00332. The van der Waals surface area contributed by atoms with E-state index >= 15 is 0 Å². The summed E-state index contributed by atoms with van der Waals surface area (Å²) in [7, 11) is -2.51. The topological polar surface area (TPSA) is 110 Å². The van der Waals surface area contributed by atoms with Crippen molar-refractivity contribution in [1.82, 2.24) is 4.72 Å². The van der Waals surface area contributed by atoms with Crippen molar-refractivity contribution in [1.29, 1.82) is 0 Å². The molecule has 0 spiro atoms. The number of methoxy groups -OCH3 is 1. The van der Waals surface area contributed by atoms with Gasteiger partial charge in [0.2, 0.25) is 10.0 Å². The van der Waals surface area contributed by atoms with Gasteiger partial charge in [0.1, 0.15) is 6.04 Å². The summed E-state index contributed by atoms with van der Waals surface area (Å²) in [6.45, 7) is 3.36. The molecule has 0 saturated heterocycles. The van der Waals surface area contributed by atoms with E-state index in [1.165, 1.54) is 7.11 Å². The van der Waals surface area contributed by atoms with Crippen LogP contribution in [0.25, 0.3) is 0 Å². The molecule has 1 atom stereocenters. The predicted octanol–water partition coefficient (Wildman–Crippen LogP) is -0.0318. The van der Waals surface area contributed by atoms with Gasteiger partial charge in [-0.3, -0.25) is 9.59 Å². The van der Waals surface area contributed by atoms with E-state index in [0.717, 1.165) is 0 Å². The highest BCUT2D eigenvalue weighted by Crippen LogP contribution is 2.06. The first-order chi connectivity index (χ1) is 8.19. The molecule has 0 aromatic carbocycles. The van der Waals surface area contributed by atoms with Gasteiger partial charge in [-0.2, -0.15) is 0 Å². The minimum atomic E-state index is -3.69. The van der Waals surface area contributed by atoms with Crippen LogP contribution in [0.15, 0.2) is 0 Å². The molecule has 0 amide bonds. The largest absolute Gasteiger partial charge is 0.481 e. The maximum atomic E-state index is 11.6. The van der Waals surface area contributed by atoms with Crippen LogP contribution in [0.2, 0.25) is 0 Å². The third-order valence-electron chi connectivity index (χ3n) is 2.23. The van der Waals surface area contributed by atoms with Crippen LogP contribution in [-0.4, -0.2) is 44.4 Å². The van der Waals surface area contributed by atoms with E-state index in [1.807, 2.05) is 0 Å². The van der Waals surface area contributed by atoms with Gasteiger partial charge in [-0.15, -0.1) is 0 Å². The van der Waals surface area contributed by atoms with E-state index < -0.39 is 28.0 Å². The van der Waals surface area contributed by atoms with Gasteiger partial charge in [0.05, 0.1) is 12.9 Å². The molecular formula is C10H19NO6S. The Balaban J connectivity index is 4.52. The fraction of sp³-hybridized carbons (Fsp3) is 0.800. The molecule has 8 heteroatoms. The Morgan fingerprint density at radius 3 is 2.28 bits per heavy atom. The highest BCUT2D eigenvalue weighted by molar-refractivity contribution is 7.89. The molecule has 0 heterocycles. The maximum Gasteiger partial charge on any atom is 0.324 e. The van der Waals surface area contributed by atoms with E-state index in [-0.39, 0.29) is 24.5 Å². The number of sulfonamides is 1. The fourth-order valence-electron chi connectivity index (χ4n) is 1.25. The number of hydrogen-bond donors (Lipinski definition) is 2. The molecule has 0 rings (SSSR count). The average molecular weight is 281 g/mol. The van der Waals surface area contributed by atoms with E-state index in [2.05, 4.69) is 9.46 Å². The molecule has 0 aliphatic heterocycles. The molecule has 0 aromatic heterocycles. The second kappa shape index (κ2) is 7.32. The van der Waals surface area contributed by atoms with Crippen molar-refractivity contribution in [3.8, 4) is 0 Å². The first-order valence-corrected chi connectivity index (χ1v) is 7.14. The summed E-state index contributed by atoms with van der Waals surface area (Å²) in [6.07, 6.45) is -0.234. The molecule has 0 fully saturated rings. The van der Waals surface area contributed by atoms with E-state index in [0.29, 0.717) is 0 Å². The maximum absolute atomic E-state index is 11.6. The number of nitrogens with one attached hydrogen (secondary N) is 1. The standard InChI is InChI=1S/C10H19NO6S/c1-7(2)9(10(14)17-3)11-18(15,16)6-4-5-8(12)13/h7,9,11H,4-6H2,1-3H3,(H,12,13)/t9-/m1/s1. The fourth-order valence-corrected chi connectivity index (χ4v) is 2.65. The highest BCUT2D eigenvalue weighted by atomic mass is 32.2. The Bertz CT molecular complexity index is 389. The van der Waals surface area contributed by atoms with Gasteiger partial charge in [0.25, 0.3) is 0 Å². The van der Waals surface area contributed by atoms with Crippen LogP contribution in [0, 0.1) is 5.92 Å². The molecule has 0 aromatic rings. The Morgan fingerprint density at radius 2 is 1.89 bits per heavy atom. The first kappa shape index (κ1) is 16.9. The Labute approximate surface area is 107 Å². The molecule has 2 N–H and O–H groups in total. The Kier molecular flexibility index (Phi) is 6.85. The van der Waals surface area contributed by atoms with Crippen LogP contribution >= 0.6 is 0 Å². The number of rotatable bonds is 8. The lowest BCUT2D eigenvalue weighted by Crippen LogP contribution is -2.45. The van der Waals surface area contributed by atoms with Crippen LogP contribution < -0.4 is 4.72 Å². The molecule has 0 saturated carbocycles. The lowest BCUT2D eigenvalue weighted by Gasteiger charge is -2.19. The summed E-state index contributed by atoms with van der Waals surface area (Å²) >= 11 is 0. The summed E-state index contributed by atoms with van der Waals surface area (Å²) in [6, 6.07) is -0.954. The Hall–Kier alpha value is -1.15. The van der Waals surface area contributed by atoms with Crippen molar-refractivity contribution in [2.75, 3.05) is 12.9 Å². The summed E-state index contributed by atoms with van der Waals surface area (Å²) in [4.78, 5) is 21.7. The normalized spacial score (nSPS) is 13.3. The quantitative estimate of drug-likeness (QED) is 0.604. The highest BCUT2D eigenvalue weighted by Gasteiger charge is 2.27. The zero-order valence-electron chi connectivity index (χ0n) is 10.7. The SMILES string of the molecule is COC(=O)[C@H](NS(=O)(=O)CCCC(=O)O)C(C)C. The molecule has 0 unspecified atom stereocenters. The van der Waals surface area contributed by atoms with E-state index in [9.17, 15) is 18.0 Å². The van der Waals surface area contributed by atoms with E-state index in [4.69, 9.17) is 5.11 Å². The van der Waals surface area contributed by atoms with Gasteiger partial charge in [-0.05, 0) is 12.3 Å². The van der Waals surface area contributed by atoms with Gasteiger partial charge < -0.3 is 9.84 Å². The van der Waals surface area contributed by atoms with Gasteiger partial charge in [0, 0.05) is 6.42 Å². The number of aliphatic carboxylic acids is 1. The van der Waals surface area contributed by atoms with Crippen molar-refractivity contribution >= 4 is 22.0 Å². The molecule has 0 radical (unpaired) electrons. The van der Waals surface area contributed by atoms with E-state index in [1.54, 1.807) is 13.8 Å². The second-order valence-corrected chi connectivity index (χ2v) is 6.05. The molecule has 0 aliphatic rings. The number of carbonyl (C=O) groups is 2. The third kappa shape index (κ3) is 6.55. The van der Waals surface area contributed by atoms with Crippen LogP contribution in [-0.2, 0) is 24.3 Å². The summed E-state index contributed by atoms with van der Waals surface area (Å²) in [5, 5.41) is 8.42. The summed E-state index contributed by atoms with van der Waals surface area (Å²) in [5.74, 6) is -2.31. The predicted molar refractivity (Wildman–Crippen MR) is 64.4 cm³/mol. The van der Waals surface area contributed by atoms with Gasteiger partial charge in [-0.1, -0.05) is 13.8 Å². The van der Waals surface area contributed by atoms with Gasteiger partial charge in [0.15, 0.2) is 0 Å². The van der Waals surface area contributed by atoms with Gasteiger partial charge >= 0.3 is 11.9 Å². The third-order valence-corrected chi connectivity index (χ3v) is 3.67. The summed E-state index contributed by atoms with van der Waals surface area (Å²) in [5.41, 5.74) is 0. The van der Waals surface area contributed by atoms with Crippen LogP contribution in [0.1, 0.15) is 26.7 Å². The molecule has 106 valence electrons. The van der Waals surface area contributed by atoms with Crippen molar-refractivity contribution in [2.24, 2.45) is 5.92 Å². The monoisotopic (exact) mass is 281 g/mol. The summed E-state index contributed by atoms with van der Waals surface area (Å²) < 4.78 is 30.0. The van der Waals surface area contributed by atoms with Crippen LogP contribution in [0.5, 0.6) is 0 Å². The minimum Gasteiger partial charge on any atom is -0.481 e. The van der Waals surface area contributed by atoms with Gasteiger partial charge in [-0.25, -0.2) is 13.1 Å². The molecule has 0 aliphatic carbocycles. The lowest BCUT2D eigenvalue weighted by molar-refractivity contribution is -0.143. The number of carboxylic acid groups (broad SMARTS) is 1. The number of esters is 1. The Morgan fingerprint density at radius 1 is 1.33 bits per heavy atom. The number of carbonyl (C=O) groups excluding carboxylic acids is 1. The van der Waals surface area contributed by atoms with Crippen molar-refractivity contribution < 1.29 is 27.9 Å². The van der Waals surface area contributed by atoms with Crippen molar-refractivity contribution in [3.05, 3.63) is 0 Å². The zero-order valence-corrected chi connectivity index (χ0v) is 11.5. The molecular weight excluding hydrogens is 262 g/mol. The van der Waals surface area contributed by atoms with Crippen molar-refractivity contribution in [2.45, 2.75) is 32.7 Å². The average Bonchev–Trinajstić information content (AvgIpc) is 2.23. The van der Waals surface area contributed by atoms with Crippen LogP contribution in [0.3, 0.4) is 0 Å². The molecule has 7 nitrogen and oxygen atoms in total. The molecule has 0 bridgehead atoms. The zero-order chi connectivity index (χ0) is 14.3. The second-order valence-electron chi connectivity index (χ2n) is 4.18. The first-order valence-electron chi connectivity index (χ1n) is 5.49. The number of hydrogen-bond acceptors (Lipinski definition) is 5. The number of ether oxygens (including phenoxy) is 1. The molecule has 18 heavy (non-hydrogen) atoms. The lowest BCUT2D eigenvalue weighted by atomic mass is 10.1.